The van der Waals surface area contributed by atoms with Crippen LogP contribution in [0.4, 0.5) is 0 Å². The fraction of sp³-hybridized carbons (Fsp3) is 0.742. The van der Waals surface area contributed by atoms with Gasteiger partial charge in [0.1, 0.15) is 11.6 Å². The molecule has 12 heteroatoms. The van der Waals surface area contributed by atoms with E-state index in [-0.39, 0.29) is 41.4 Å². The smallest absolute Gasteiger partial charge is 0.328 e. The van der Waals surface area contributed by atoms with Crippen molar-refractivity contribution < 1.29 is 23.7 Å². The van der Waals surface area contributed by atoms with E-state index >= 15 is 0 Å². The zero-order valence-electron chi connectivity index (χ0n) is 25.4. The maximum Gasteiger partial charge on any atom is 0.328 e. The number of likely N-dealkylation sites (N-methyl/N-ethyl adjacent to an activating group) is 1. The van der Waals surface area contributed by atoms with E-state index in [9.17, 15) is 9.59 Å². The van der Waals surface area contributed by atoms with Crippen LogP contribution in [0.2, 0.25) is 0 Å². The van der Waals surface area contributed by atoms with Crippen molar-refractivity contribution in [3.05, 3.63) is 27.6 Å². The average molecular weight is 597 g/mol. The normalized spacial score (nSPS) is 30.5. The van der Waals surface area contributed by atoms with Gasteiger partial charge in [0.15, 0.2) is 11.4 Å². The molecule has 2 aromatic rings. The molecule has 2 aromatic heterocycles. The molecule has 0 aromatic carbocycles. The third-order valence-electron chi connectivity index (χ3n) is 10.6. The van der Waals surface area contributed by atoms with Crippen LogP contribution in [0.15, 0.2) is 16.1 Å². The maximum absolute atomic E-state index is 14.4. The molecule has 5 heterocycles. The minimum absolute atomic E-state index is 0.00734. The topological polar surface area (TPSA) is 147 Å². The summed E-state index contributed by atoms with van der Waals surface area (Å²) in [5.41, 5.74) is 7.96. The lowest BCUT2D eigenvalue weighted by molar-refractivity contribution is -0.248. The molecule has 3 saturated heterocycles. The van der Waals surface area contributed by atoms with Crippen molar-refractivity contribution in [1.29, 1.82) is 0 Å². The van der Waals surface area contributed by atoms with E-state index in [4.69, 9.17) is 34.6 Å². The summed E-state index contributed by atoms with van der Waals surface area (Å²) in [4.78, 5) is 42.4. The number of carbonyl (C=O) groups is 1. The summed E-state index contributed by atoms with van der Waals surface area (Å²) < 4.78 is 26.4. The highest BCUT2D eigenvalue weighted by Crippen LogP contribution is 2.57. The number of nitrogens with zero attached hydrogens (tertiary/aromatic N) is 4. The number of nitrogens with two attached hydrogens (primary N) is 1. The Bertz CT molecular complexity index is 1470. The number of allylic oxidation sites excluding steroid dienone is 1. The zero-order valence-corrected chi connectivity index (χ0v) is 25.4. The van der Waals surface area contributed by atoms with Crippen LogP contribution in [0.25, 0.3) is 11.2 Å². The number of hydrogen-bond donors (Lipinski definition) is 2. The molecule has 2 spiro atoms. The van der Waals surface area contributed by atoms with Crippen LogP contribution in [-0.4, -0.2) is 88.2 Å². The summed E-state index contributed by atoms with van der Waals surface area (Å²) in [5, 5.41) is 0. The Morgan fingerprint density at radius 1 is 1.07 bits per heavy atom. The van der Waals surface area contributed by atoms with Crippen molar-refractivity contribution in [3.8, 4) is 5.88 Å². The number of ether oxygens (including phenoxy) is 4. The van der Waals surface area contributed by atoms with Gasteiger partial charge in [0.25, 0.3) is 0 Å². The molecule has 43 heavy (non-hydrogen) atoms. The molecule has 3 aliphatic heterocycles. The van der Waals surface area contributed by atoms with Crippen LogP contribution in [0.5, 0.6) is 5.88 Å². The molecule has 7 rings (SSSR count). The Hall–Kier alpha value is -2.80. The molecule has 3 N–H and O–H groups in total. The highest BCUT2D eigenvalue weighted by atomic mass is 16.7. The van der Waals surface area contributed by atoms with Crippen LogP contribution in [-0.2, 0) is 14.2 Å². The molecule has 0 amide bonds. The number of H-pyrrole nitrogens is 1. The number of likely N-dealkylation sites (tertiary alicyclic amines) is 1. The lowest BCUT2D eigenvalue weighted by atomic mass is 9.61. The van der Waals surface area contributed by atoms with Gasteiger partial charge in [0.2, 0.25) is 17.5 Å². The van der Waals surface area contributed by atoms with Gasteiger partial charge in [0.05, 0.1) is 31.3 Å². The van der Waals surface area contributed by atoms with Gasteiger partial charge < -0.3 is 24.7 Å². The Labute approximate surface area is 251 Å². The van der Waals surface area contributed by atoms with E-state index in [1.807, 2.05) is 6.92 Å². The van der Waals surface area contributed by atoms with E-state index in [1.54, 1.807) is 4.57 Å². The van der Waals surface area contributed by atoms with Gasteiger partial charge in [0, 0.05) is 30.3 Å². The third kappa shape index (κ3) is 4.72. The summed E-state index contributed by atoms with van der Waals surface area (Å²) in [6.45, 7) is 5.15. The second-order valence-electron chi connectivity index (χ2n) is 13.0. The van der Waals surface area contributed by atoms with Crippen molar-refractivity contribution in [2.45, 2.75) is 102 Å². The molecule has 0 unspecified atom stereocenters. The molecular formula is C31H44N6O6. The molecular weight excluding hydrogens is 552 g/mol. The van der Waals surface area contributed by atoms with E-state index in [0.717, 1.165) is 70.8 Å². The second kappa shape index (κ2) is 11.3. The molecule has 4 atom stereocenters. The minimum Gasteiger partial charge on any atom is -0.471 e. The average Bonchev–Trinajstić information content (AvgIpc) is 3.75. The van der Waals surface area contributed by atoms with Crippen molar-refractivity contribution in [2.75, 3.05) is 40.0 Å². The van der Waals surface area contributed by atoms with Crippen molar-refractivity contribution in [3.63, 3.8) is 0 Å². The van der Waals surface area contributed by atoms with Crippen molar-refractivity contribution in [1.82, 2.24) is 24.4 Å². The van der Waals surface area contributed by atoms with Crippen LogP contribution >= 0.6 is 0 Å². The van der Waals surface area contributed by atoms with Gasteiger partial charge >= 0.3 is 5.69 Å². The van der Waals surface area contributed by atoms with Crippen LogP contribution < -0.4 is 16.2 Å². The predicted octanol–water partition coefficient (Wildman–Crippen LogP) is 3.22. The molecule has 12 nitrogen and oxygen atoms in total. The number of aromatic amines is 1. The summed E-state index contributed by atoms with van der Waals surface area (Å²) in [6.07, 6.45) is 9.23. The molecule has 2 aliphatic carbocycles. The Morgan fingerprint density at radius 3 is 2.60 bits per heavy atom. The van der Waals surface area contributed by atoms with Gasteiger partial charge in [-0.1, -0.05) is 6.42 Å². The number of ketones is 1. The molecule has 1 saturated carbocycles. The lowest BCUT2D eigenvalue weighted by Crippen LogP contribution is -2.56. The second-order valence-corrected chi connectivity index (χ2v) is 13.0. The first-order valence-corrected chi connectivity index (χ1v) is 16.1. The van der Waals surface area contributed by atoms with E-state index in [0.29, 0.717) is 55.3 Å². The van der Waals surface area contributed by atoms with Crippen LogP contribution in [0.3, 0.4) is 0 Å². The number of Topliss-reactive ketones (excluding diaryl/α,β-unsaturated/α-hetero) is 1. The van der Waals surface area contributed by atoms with Crippen LogP contribution in [0.1, 0.15) is 94.2 Å². The largest absolute Gasteiger partial charge is 0.471 e. The number of hydrogen-bond acceptors (Lipinski definition) is 10. The highest BCUT2D eigenvalue weighted by molar-refractivity contribution is 6.07. The van der Waals surface area contributed by atoms with Gasteiger partial charge in [-0.3, -0.25) is 19.2 Å². The molecule has 0 bridgehead atoms. The van der Waals surface area contributed by atoms with Gasteiger partial charge in [-0.25, -0.2) is 9.78 Å². The first-order valence-electron chi connectivity index (χ1n) is 16.1. The number of nitrogens with one attached hydrogen (secondary N) is 1. The number of aromatic nitrogens is 4. The predicted molar refractivity (Wildman–Crippen MR) is 158 cm³/mol. The number of fused-ring (bicyclic) bond motifs is 2. The number of carbonyl (C=O) groups excluding carboxylic acids is 1. The van der Waals surface area contributed by atoms with Gasteiger partial charge in [-0.2, -0.15) is 4.98 Å². The molecule has 5 aliphatic rings. The Balaban J connectivity index is 1.32. The number of imidazole rings is 1. The summed E-state index contributed by atoms with van der Waals surface area (Å²) in [7, 11) is 2.09. The molecule has 4 fully saturated rings. The fourth-order valence-electron chi connectivity index (χ4n) is 8.45. The third-order valence-corrected chi connectivity index (χ3v) is 10.6. The summed E-state index contributed by atoms with van der Waals surface area (Å²) >= 11 is 0. The van der Waals surface area contributed by atoms with E-state index in [2.05, 4.69) is 16.9 Å². The highest BCUT2D eigenvalue weighted by Gasteiger charge is 2.60. The molecule has 0 radical (unpaired) electrons. The number of rotatable bonds is 6. The standard InChI is InChI=1S/C31H44N6O6/c1-19(22-10-6-14-36(22)2)43-28-23-27(37(29(39)33-23)20-8-7-15-40-18-20)34-26(35-28)24(38)21-9-5-12-30(25(21)32)11-3-4-13-31(30)41-16-17-42-31/h19-20,22H,3-18,32H2,1-2H3,(H,33,39)/t19-,20+,22-,30-/m0/s1. The quantitative estimate of drug-likeness (QED) is 0.477. The fourth-order valence-corrected chi connectivity index (χ4v) is 8.45. The lowest BCUT2D eigenvalue weighted by Gasteiger charge is -2.52. The molecule has 234 valence electrons. The van der Waals surface area contributed by atoms with Crippen LogP contribution in [0, 0.1) is 5.41 Å². The van der Waals surface area contributed by atoms with Gasteiger partial charge in [-0.15, -0.1) is 0 Å². The Morgan fingerprint density at radius 2 is 1.86 bits per heavy atom. The maximum atomic E-state index is 14.4. The van der Waals surface area contributed by atoms with Crippen molar-refractivity contribution in [2.24, 2.45) is 11.1 Å². The summed E-state index contributed by atoms with van der Waals surface area (Å²) in [5.74, 6) is -0.902. The zero-order chi connectivity index (χ0) is 29.8. The first kappa shape index (κ1) is 28.9. The summed E-state index contributed by atoms with van der Waals surface area (Å²) in [6, 6.07) is 0.00950. The SMILES string of the molecule is C[C@H](Oc1nc(C(=O)C2=C(N)[C@]3(CCCCC34OCCO4)CCC2)nc2c1[nH]c(=O)n2[C@@H]1CCCOC1)[C@@H]1CCCN1C. The van der Waals surface area contributed by atoms with E-state index in [1.165, 1.54) is 0 Å². The minimum atomic E-state index is -0.786. The van der Waals surface area contributed by atoms with Gasteiger partial charge in [-0.05, 0) is 78.3 Å². The first-order chi connectivity index (χ1) is 20.8. The monoisotopic (exact) mass is 596 g/mol. The van der Waals surface area contributed by atoms with Crippen molar-refractivity contribution >= 4 is 16.9 Å². The Kier molecular flexibility index (Phi) is 7.59. The van der Waals surface area contributed by atoms with E-state index < -0.39 is 11.2 Å².